The first-order chi connectivity index (χ1) is 8.36. The van der Waals surface area contributed by atoms with Crippen LogP contribution in [0.15, 0.2) is 0 Å². The van der Waals surface area contributed by atoms with Gasteiger partial charge in [0.05, 0.1) is 5.69 Å². The van der Waals surface area contributed by atoms with Crippen molar-refractivity contribution in [2.45, 2.75) is 51.5 Å². The highest BCUT2D eigenvalue weighted by Gasteiger charge is 2.34. The predicted octanol–water partition coefficient (Wildman–Crippen LogP) is 3.34. The summed E-state index contributed by atoms with van der Waals surface area (Å²) < 4.78 is 0. The summed E-state index contributed by atoms with van der Waals surface area (Å²) in [6.45, 7) is 6.42. The minimum absolute atomic E-state index is 0.00551. The molecule has 1 fully saturated rings. The molecular formula is C13H20N2O2S. The van der Waals surface area contributed by atoms with E-state index < -0.39 is 5.97 Å². The minimum Gasteiger partial charge on any atom is -0.477 e. The second kappa shape index (κ2) is 4.53. The Hall–Kier alpha value is -1.10. The first kappa shape index (κ1) is 13.3. The topological polar surface area (TPSA) is 53.4 Å². The van der Waals surface area contributed by atoms with Crippen molar-refractivity contribution in [3.05, 3.63) is 10.6 Å². The van der Waals surface area contributed by atoms with Crippen molar-refractivity contribution < 1.29 is 9.90 Å². The zero-order chi connectivity index (χ0) is 13.5. The van der Waals surface area contributed by atoms with Crippen LogP contribution in [-0.2, 0) is 0 Å². The van der Waals surface area contributed by atoms with E-state index in [0.29, 0.717) is 10.8 Å². The number of aromatic nitrogens is 1. The van der Waals surface area contributed by atoms with Crippen molar-refractivity contribution in [2.75, 3.05) is 11.9 Å². The van der Waals surface area contributed by atoms with E-state index in [4.69, 9.17) is 0 Å². The van der Waals surface area contributed by atoms with Gasteiger partial charge in [0.15, 0.2) is 5.13 Å². The molecule has 1 aliphatic rings. The van der Waals surface area contributed by atoms with Gasteiger partial charge >= 0.3 is 5.97 Å². The van der Waals surface area contributed by atoms with Gasteiger partial charge in [-0.15, -0.1) is 0 Å². The summed E-state index contributed by atoms with van der Waals surface area (Å²) in [5.41, 5.74) is 0.787. The van der Waals surface area contributed by atoms with Gasteiger partial charge in [0, 0.05) is 18.5 Å². The fourth-order valence-electron chi connectivity index (χ4n) is 1.75. The molecule has 1 saturated carbocycles. The van der Waals surface area contributed by atoms with Gasteiger partial charge in [-0.1, -0.05) is 18.3 Å². The number of carboxylic acid groups (broad SMARTS) is 1. The van der Waals surface area contributed by atoms with Crippen molar-refractivity contribution in [3.63, 3.8) is 0 Å². The van der Waals surface area contributed by atoms with Crippen LogP contribution in [0.4, 0.5) is 5.13 Å². The molecule has 5 heteroatoms. The molecule has 0 spiro atoms. The maximum Gasteiger partial charge on any atom is 0.347 e. The highest BCUT2D eigenvalue weighted by atomic mass is 32.1. The van der Waals surface area contributed by atoms with Gasteiger partial charge in [-0.3, -0.25) is 0 Å². The number of carboxylic acids is 1. The monoisotopic (exact) mass is 268 g/mol. The van der Waals surface area contributed by atoms with Crippen molar-refractivity contribution in [1.29, 1.82) is 0 Å². The number of hydrogen-bond donors (Lipinski definition) is 1. The van der Waals surface area contributed by atoms with E-state index in [1.807, 2.05) is 7.05 Å². The molecule has 1 aliphatic carbocycles. The fraction of sp³-hybridized carbons (Fsp3) is 0.692. The fourth-order valence-corrected chi connectivity index (χ4v) is 2.86. The molecule has 0 aliphatic heterocycles. The largest absolute Gasteiger partial charge is 0.477 e. The minimum atomic E-state index is -0.844. The van der Waals surface area contributed by atoms with E-state index in [9.17, 15) is 9.90 Å². The highest BCUT2D eigenvalue weighted by molar-refractivity contribution is 7.17. The molecule has 1 aromatic rings. The molecule has 100 valence electrons. The molecule has 0 atom stereocenters. The molecule has 0 amide bonds. The molecule has 1 heterocycles. The molecule has 18 heavy (non-hydrogen) atoms. The molecule has 0 aromatic carbocycles. The van der Waals surface area contributed by atoms with Crippen LogP contribution in [0, 0.1) is 0 Å². The van der Waals surface area contributed by atoms with Gasteiger partial charge < -0.3 is 10.0 Å². The summed E-state index contributed by atoms with van der Waals surface area (Å²) in [5.74, 6) is -0.470. The molecule has 4 nitrogen and oxygen atoms in total. The Morgan fingerprint density at radius 1 is 1.56 bits per heavy atom. The van der Waals surface area contributed by atoms with E-state index in [-0.39, 0.29) is 5.54 Å². The third-order valence-corrected chi connectivity index (χ3v) is 5.00. The average molecular weight is 268 g/mol. The van der Waals surface area contributed by atoms with Crippen molar-refractivity contribution in [3.8, 4) is 0 Å². The van der Waals surface area contributed by atoms with E-state index >= 15 is 0 Å². The lowest BCUT2D eigenvalue weighted by atomic mass is 10.0. The van der Waals surface area contributed by atoms with Gasteiger partial charge in [0.2, 0.25) is 0 Å². The Kier molecular flexibility index (Phi) is 3.36. The summed E-state index contributed by atoms with van der Waals surface area (Å²) in [6, 6.07) is 0. The van der Waals surface area contributed by atoms with Crippen LogP contribution in [-0.4, -0.2) is 28.6 Å². The number of aromatic carboxylic acids is 1. The van der Waals surface area contributed by atoms with Gasteiger partial charge in [-0.25, -0.2) is 9.78 Å². The molecule has 0 unspecified atom stereocenters. The van der Waals surface area contributed by atoms with Crippen LogP contribution in [0.3, 0.4) is 0 Å². The Labute approximate surface area is 112 Å². The molecule has 0 saturated heterocycles. The first-order valence-electron chi connectivity index (χ1n) is 6.34. The molecule has 1 N–H and O–H groups in total. The van der Waals surface area contributed by atoms with Crippen LogP contribution in [0.5, 0.6) is 0 Å². The molecular weight excluding hydrogens is 248 g/mol. The second-order valence-electron chi connectivity index (χ2n) is 5.52. The second-order valence-corrected chi connectivity index (χ2v) is 6.49. The maximum absolute atomic E-state index is 11.3. The smallest absolute Gasteiger partial charge is 0.347 e. The van der Waals surface area contributed by atoms with E-state index in [0.717, 1.165) is 30.1 Å². The highest BCUT2D eigenvalue weighted by Crippen LogP contribution is 2.44. The predicted molar refractivity (Wildman–Crippen MR) is 73.8 cm³/mol. The molecule has 0 radical (unpaired) electrons. The lowest BCUT2D eigenvalue weighted by Gasteiger charge is -2.34. The van der Waals surface area contributed by atoms with Crippen LogP contribution in [0.2, 0.25) is 0 Å². The lowest BCUT2D eigenvalue weighted by Crippen LogP contribution is -2.40. The van der Waals surface area contributed by atoms with E-state index in [2.05, 4.69) is 30.7 Å². The number of nitrogens with zero attached hydrogens (tertiary/aromatic N) is 2. The van der Waals surface area contributed by atoms with Gasteiger partial charge in [0.1, 0.15) is 4.88 Å². The van der Waals surface area contributed by atoms with Crippen LogP contribution in [0.1, 0.15) is 61.3 Å². The molecule has 2 rings (SSSR count). The lowest BCUT2D eigenvalue weighted by molar-refractivity contribution is 0.0700. The van der Waals surface area contributed by atoms with Crippen LogP contribution >= 0.6 is 11.3 Å². The zero-order valence-corrected chi connectivity index (χ0v) is 12.2. The number of anilines is 1. The Balaban J connectivity index is 2.34. The standard InChI is InChI=1S/C13H20N2O2S/c1-5-13(2,3)15(4)12-14-9(8-6-7-8)10(18-12)11(16)17/h8H,5-7H2,1-4H3,(H,16,17). The van der Waals surface area contributed by atoms with Gasteiger partial charge in [-0.2, -0.15) is 0 Å². The van der Waals surface area contributed by atoms with Crippen molar-refractivity contribution >= 4 is 22.4 Å². The number of carbonyl (C=O) groups is 1. The summed E-state index contributed by atoms with van der Waals surface area (Å²) in [6.07, 6.45) is 3.14. The number of thiazole rings is 1. The summed E-state index contributed by atoms with van der Waals surface area (Å²) in [5, 5.41) is 10.1. The van der Waals surface area contributed by atoms with E-state index in [1.165, 1.54) is 11.3 Å². The zero-order valence-electron chi connectivity index (χ0n) is 11.4. The summed E-state index contributed by atoms with van der Waals surface area (Å²) >= 11 is 1.30. The van der Waals surface area contributed by atoms with E-state index in [1.54, 1.807) is 0 Å². The third kappa shape index (κ3) is 2.36. The number of hydrogen-bond acceptors (Lipinski definition) is 4. The number of rotatable bonds is 5. The Bertz CT molecular complexity index is 464. The summed E-state index contributed by atoms with van der Waals surface area (Å²) in [7, 11) is 1.99. The molecule has 0 bridgehead atoms. The van der Waals surface area contributed by atoms with Crippen LogP contribution in [0.25, 0.3) is 0 Å². The Morgan fingerprint density at radius 3 is 2.61 bits per heavy atom. The third-order valence-electron chi connectivity index (χ3n) is 3.86. The normalized spacial score (nSPS) is 15.8. The van der Waals surface area contributed by atoms with Gasteiger partial charge in [-0.05, 0) is 33.1 Å². The van der Waals surface area contributed by atoms with Gasteiger partial charge in [0.25, 0.3) is 0 Å². The molecule has 1 aromatic heterocycles. The Morgan fingerprint density at radius 2 is 2.17 bits per heavy atom. The van der Waals surface area contributed by atoms with Crippen molar-refractivity contribution in [2.24, 2.45) is 0 Å². The quantitative estimate of drug-likeness (QED) is 0.889. The first-order valence-corrected chi connectivity index (χ1v) is 7.16. The van der Waals surface area contributed by atoms with Crippen molar-refractivity contribution in [1.82, 2.24) is 4.98 Å². The maximum atomic E-state index is 11.3. The average Bonchev–Trinajstić information content (AvgIpc) is 3.07. The van der Waals surface area contributed by atoms with Crippen LogP contribution < -0.4 is 4.90 Å². The summed E-state index contributed by atoms with van der Waals surface area (Å²) in [4.78, 5) is 18.3. The SMILES string of the molecule is CCC(C)(C)N(C)c1nc(C2CC2)c(C(=O)O)s1.